The molecule has 0 heterocycles. The van der Waals surface area contributed by atoms with E-state index in [0.29, 0.717) is 0 Å². The highest BCUT2D eigenvalue weighted by Crippen LogP contribution is 2.36. The molecule has 76 valence electrons. The van der Waals surface area contributed by atoms with Crippen LogP contribution in [0, 0.1) is 12.7 Å². The Bertz CT molecular complexity index is 342. The van der Waals surface area contributed by atoms with Gasteiger partial charge in [0.25, 0.3) is 0 Å². The molecule has 1 aliphatic rings. The standard InChI is InChI=1S/C12H16FN/c1-9-3-2-4-10(11(9)13)5-6-12(14)7-8-12/h2-4H,5-8,14H2,1H3. The fourth-order valence-corrected chi connectivity index (χ4v) is 1.70. The Morgan fingerprint density at radius 3 is 2.79 bits per heavy atom. The van der Waals surface area contributed by atoms with Crippen molar-refractivity contribution in [3.8, 4) is 0 Å². The molecule has 0 amide bonds. The van der Waals surface area contributed by atoms with Gasteiger partial charge >= 0.3 is 0 Å². The van der Waals surface area contributed by atoms with E-state index in [0.717, 1.165) is 36.8 Å². The van der Waals surface area contributed by atoms with Crippen LogP contribution in [0.4, 0.5) is 4.39 Å². The van der Waals surface area contributed by atoms with Crippen molar-refractivity contribution in [2.45, 2.75) is 38.1 Å². The second-order valence-electron chi connectivity index (χ2n) is 4.41. The lowest BCUT2D eigenvalue weighted by Crippen LogP contribution is -2.22. The molecule has 2 N–H and O–H groups in total. The van der Waals surface area contributed by atoms with E-state index in [4.69, 9.17) is 5.73 Å². The average molecular weight is 193 g/mol. The molecule has 0 saturated heterocycles. The second-order valence-corrected chi connectivity index (χ2v) is 4.41. The van der Waals surface area contributed by atoms with Crippen molar-refractivity contribution >= 4 is 0 Å². The molecule has 2 heteroatoms. The Hall–Kier alpha value is -0.890. The Labute approximate surface area is 84.1 Å². The van der Waals surface area contributed by atoms with Crippen LogP contribution in [0.2, 0.25) is 0 Å². The smallest absolute Gasteiger partial charge is 0.129 e. The fraction of sp³-hybridized carbons (Fsp3) is 0.500. The highest BCUT2D eigenvalue weighted by Gasteiger charge is 2.37. The maximum atomic E-state index is 13.6. The molecule has 0 bridgehead atoms. The van der Waals surface area contributed by atoms with E-state index in [-0.39, 0.29) is 11.4 Å². The van der Waals surface area contributed by atoms with E-state index in [1.165, 1.54) is 0 Å². The molecule has 2 rings (SSSR count). The van der Waals surface area contributed by atoms with Crippen LogP contribution in [0.25, 0.3) is 0 Å². The van der Waals surface area contributed by atoms with Crippen LogP contribution in [0.3, 0.4) is 0 Å². The molecule has 1 aromatic carbocycles. The molecular formula is C12H16FN. The van der Waals surface area contributed by atoms with Gasteiger partial charge < -0.3 is 5.73 Å². The van der Waals surface area contributed by atoms with Crippen molar-refractivity contribution in [2.24, 2.45) is 5.73 Å². The predicted octanol–water partition coefficient (Wildman–Crippen LogP) is 2.56. The summed E-state index contributed by atoms with van der Waals surface area (Å²) in [6, 6.07) is 5.56. The molecule has 0 unspecified atom stereocenters. The van der Waals surface area contributed by atoms with Gasteiger partial charge in [-0.25, -0.2) is 4.39 Å². The van der Waals surface area contributed by atoms with E-state index in [2.05, 4.69) is 0 Å². The van der Waals surface area contributed by atoms with E-state index in [1.54, 1.807) is 13.0 Å². The first-order valence-electron chi connectivity index (χ1n) is 5.14. The zero-order valence-electron chi connectivity index (χ0n) is 8.52. The Morgan fingerprint density at radius 1 is 1.43 bits per heavy atom. The molecule has 0 radical (unpaired) electrons. The van der Waals surface area contributed by atoms with Gasteiger partial charge in [-0.1, -0.05) is 18.2 Å². The molecule has 14 heavy (non-hydrogen) atoms. The van der Waals surface area contributed by atoms with Crippen LogP contribution in [-0.2, 0) is 6.42 Å². The molecular weight excluding hydrogens is 177 g/mol. The lowest BCUT2D eigenvalue weighted by Gasteiger charge is -2.09. The first-order chi connectivity index (χ1) is 6.61. The van der Waals surface area contributed by atoms with E-state index in [1.807, 2.05) is 12.1 Å². The van der Waals surface area contributed by atoms with Gasteiger partial charge in [-0.05, 0) is 43.7 Å². The lowest BCUT2D eigenvalue weighted by atomic mass is 10.0. The summed E-state index contributed by atoms with van der Waals surface area (Å²) in [5.74, 6) is -0.0586. The largest absolute Gasteiger partial charge is 0.325 e. The minimum Gasteiger partial charge on any atom is -0.325 e. The molecule has 0 aromatic heterocycles. The zero-order chi connectivity index (χ0) is 10.2. The Kier molecular flexibility index (Phi) is 2.31. The van der Waals surface area contributed by atoms with Gasteiger partial charge in [0.15, 0.2) is 0 Å². The number of aryl methyl sites for hydroxylation is 2. The SMILES string of the molecule is Cc1cccc(CCC2(N)CC2)c1F. The highest BCUT2D eigenvalue weighted by molar-refractivity contribution is 5.25. The summed E-state index contributed by atoms with van der Waals surface area (Å²) < 4.78 is 13.6. The third-order valence-corrected chi connectivity index (χ3v) is 3.06. The summed E-state index contributed by atoms with van der Waals surface area (Å²) >= 11 is 0. The van der Waals surface area contributed by atoms with Crippen LogP contribution in [0.5, 0.6) is 0 Å². The van der Waals surface area contributed by atoms with Gasteiger partial charge in [-0.2, -0.15) is 0 Å². The minimum atomic E-state index is -0.0586. The van der Waals surface area contributed by atoms with Gasteiger partial charge in [0.2, 0.25) is 0 Å². The summed E-state index contributed by atoms with van der Waals surface area (Å²) in [5, 5.41) is 0. The van der Waals surface area contributed by atoms with E-state index in [9.17, 15) is 4.39 Å². The average Bonchev–Trinajstić information content (AvgIpc) is 2.88. The molecule has 1 aromatic rings. The Morgan fingerprint density at radius 2 is 2.14 bits per heavy atom. The summed E-state index contributed by atoms with van der Waals surface area (Å²) in [4.78, 5) is 0. The second kappa shape index (κ2) is 3.35. The van der Waals surface area contributed by atoms with Gasteiger partial charge in [-0.3, -0.25) is 0 Å². The summed E-state index contributed by atoms with van der Waals surface area (Å²) in [6.07, 6.45) is 3.87. The number of hydrogen-bond donors (Lipinski definition) is 1. The molecule has 0 atom stereocenters. The third kappa shape index (κ3) is 1.95. The maximum Gasteiger partial charge on any atom is 0.129 e. The van der Waals surface area contributed by atoms with E-state index >= 15 is 0 Å². The number of nitrogens with two attached hydrogens (primary N) is 1. The van der Waals surface area contributed by atoms with Crippen molar-refractivity contribution < 1.29 is 4.39 Å². The van der Waals surface area contributed by atoms with Crippen LogP contribution in [-0.4, -0.2) is 5.54 Å². The molecule has 0 aliphatic heterocycles. The number of hydrogen-bond acceptors (Lipinski definition) is 1. The lowest BCUT2D eigenvalue weighted by molar-refractivity contribution is 0.566. The van der Waals surface area contributed by atoms with Gasteiger partial charge in [-0.15, -0.1) is 0 Å². The summed E-state index contributed by atoms with van der Waals surface area (Å²) in [5.41, 5.74) is 7.52. The normalized spacial score (nSPS) is 18.2. The molecule has 1 saturated carbocycles. The molecule has 1 aliphatic carbocycles. The van der Waals surface area contributed by atoms with Crippen molar-refractivity contribution in [3.63, 3.8) is 0 Å². The van der Waals surface area contributed by atoms with Gasteiger partial charge in [0, 0.05) is 5.54 Å². The number of benzene rings is 1. The van der Waals surface area contributed by atoms with Crippen LogP contribution < -0.4 is 5.73 Å². The first kappa shape index (κ1) is 9.66. The van der Waals surface area contributed by atoms with Crippen LogP contribution in [0.1, 0.15) is 30.4 Å². The highest BCUT2D eigenvalue weighted by atomic mass is 19.1. The van der Waals surface area contributed by atoms with Gasteiger partial charge in [0.1, 0.15) is 5.82 Å². The summed E-state index contributed by atoms with van der Waals surface area (Å²) in [7, 11) is 0. The number of rotatable bonds is 3. The third-order valence-electron chi connectivity index (χ3n) is 3.06. The van der Waals surface area contributed by atoms with Crippen molar-refractivity contribution in [3.05, 3.63) is 35.1 Å². The monoisotopic (exact) mass is 193 g/mol. The van der Waals surface area contributed by atoms with Crippen molar-refractivity contribution in [1.82, 2.24) is 0 Å². The maximum absolute atomic E-state index is 13.6. The molecule has 1 nitrogen and oxygen atoms in total. The quantitative estimate of drug-likeness (QED) is 0.784. The van der Waals surface area contributed by atoms with Crippen molar-refractivity contribution in [1.29, 1.82) is 0 Å². The predicted molar refractivity (Wildman–Crippen MR) is 55.6 cm³/mol. The molecule has 0 spiro atoms. The number of halogens is 1. The fourth-order valence-electron chi connectivity index (χ4n) is 1.70. The topological polar surface area (TPSA) is 26.0 Å². The van der Waals surface area contributed by atoms with E-state index < -0.39 is 0 Å². The minimum absolute atomic E-state index is 0.0240. The first-order valence-corrected chi connectivity index (χ1v) is 5.14. The van der Waals surface area contributed by atoms with Crippen LogP contribution in [0.15, 0.2) is 18.2 Å². The van der Waals surface area contributed by atoms with Crippen molar-refractivity contribution in [2.75, 3.05) is 0 Å². The van der Waals surface area contributed by atoms with Crippen LogP contribution >= 0.6 is 0 Å². The molecule has 1 fully saturated rings. The summed E-state index contributed by atoms with van der Waals surface area (Å²) in [6.45, 7) is 1.80. The zero-order valence-corrected chi connectivity index (χ0v) is 8.52. The Balaban J connectivity index is 2.05. The van der Waals surface area contributed by atoms with Gasteiger partial charge in [0.05, 0.1) is 0 Å².